The summed E-state index contributed by atoms with van der Waals surface area (Å²) in [5, 5.41) is 0.691. The van der Waals surface area contributed by atoms with E-state index in [9.17, 15) is 13.7 Å². The third kappa shape index (κ3) is 3.23. The van der Waals surface area contributed by atoms with Crippen LogP contribution in [0, 0.1) is 0 Å². The van der Waals surface area contributed by atoms with E-state index < -0.39 is 18.2 Å². The zero-order valence-electron chi connectivity index (χ0n) is 11.1. The molecule has 0 fully saturated rings. The summed E-state index contributed by atoms with van der Waals surface area (Å²) < 4.78 is 24.1. The van der Waals surface area contributed by atoms with Crippen molar-refractivity contribution in [3.05, 3.63) is 48.5 Å². The van der Waals surface area contributed by atoms with Gasteiger partial charge in [-0.25, -0.2) is 0 Å². The molecule has 0 aromatic heterocycles. The first-order valence-electron chi connectivity index (χ1n) is 5.86. The summed E-state index contributed by atoms with van der Waals surface area (Å²) in [6.45, 7) is 0. The second-order valence-corrected chi connectivity index (χ2v) is 8.67. The Kier molecular flexibility index (Phi) is 4.86. The van der Waals surface area contributed by atoms with Crippen LogP contribution in [-0.4, -0.2) is 21.6 Å². The second kappa shape index (κ2) is 6.27. The Balaban J connectivity index is 2.45. The summed E-state index contributed by atoms with van der Waals surface area (Å²) in [7, 11) is -4.81. The van der Waals surface area contributed by atoms with Crippen molar-refractivity contribution in [3.8, 4) is 0 Å². The number of thioether (sulfide) groups is 1. The predicted octanol–water partition coefficient (Wildman–Crippen LogP) is 2.37. The molecule has 0 saturated heterocycles. The van der Waals surface area contributed by atoms with Gasteiger partial charge in [-0.3, -0.25) is 8.77 Å². The molecule has 0 saturated carbocycles. The van der Waals surface area contributed by atoms with Gasteiger partial charge in [0.2, 0.25) is 0 Å². The van der Waals surface area contributed by atoms with Gasteiger partial charge in [-0.05, 0) is 48.7 Å². The summed E-state index contributed by atoms with van der Waals surface area (Å²) in [6, 6.07) is 13.5. The highest BCUT2D eigenvalue weighted by Crippen LogP contribution is 2.38. The highest BCUT2D eigenvalue weighted by molar-refractivity contribution is 7.98. The van der Waals surface area contributed by atoms with E-state index in [2.05, 4.69) is 0 Å². The number of hydrogen-bond donors (Lipinski definition) is 1. The summed E-state index contributed by atoms with van der Waals surface area (Å²) in [5.74, 6) is 0. The van der Waals surface area contributed by atoms with E-state index in [0.29, 0.717) is 15.5 Å². The lowest BCUT2D eigenvalue weighted by atomic mass is 10.4. The molecule has 2 atom stereocenters. The molecule has 6 heteroatoms. The average molecular weight is 326 g/mol. The molecule has 0 heterocycles. The monoisotopic (exact) mass is 326 g/mol. The summed E-state index contributed by atoms with van der Waals surface area (Å²) in [4.78, 5) is 12.0. The Morgan fingerprint density at radius 2 is 1.75 bits per heavy atom. The predicted molar refractivity (Wildman–Crippen MR) is 86.1 cm³/mol. The molecule has 106 valence electrons. The van der Waals surface area contributed by atoms with Gasteiger partial charge in [0, 0.05) is 37.5 Å². The highest BCUT2D eigenvalue weighted by atomic mass is 32.2. The maximum atomic E-state index is 12.6. The van der Waals surface area contributed by atoms with Crippen LogP contribution >= 0.6 is 19.1 Å². The third-order valence-corrected chi connectivity index (χ3v) is 6.56. The van der Waals surface area contributed by atoms with E-state index in [1.54, 1.807) is 54.4 Å². The molecule has 2 aromatic rings. The lowest BCUT2D eigenvalue weighted by Gasteiger charge is -2.13. The van der Waals surface area contributed by atoms with Gasteiger partial charge in [0.15, 0.2) is 0 Å². The first-order chi connectivity index (χ1) is 9.45. The van der Waals surface area contributed by atoms with Gasteiger partial charge in [0.25, 0.3) is 7.37 Å². The molecule has 3 nitrogen and oxygen atoms in total. The Labute approximate surface area is 125 Å². The summed E-state index contributed by atoms with van der Waals surface area (Å²) in [6.07, 6.45) is 3.50. The molecule has 2 unspecified atom stereocenters. The molecule has 0 radical (unpaired) electrons. The van der Waals surface area contributed by atoms with Gasteiger partial charge < -0.3 is 4.89 Å². The van der Waals surface area contributed by atoms with E-state index in [-0.39, 0.29) is 0 Å². The van der Waals surface area contributed by atoms with Crippen molar-refractivity contribution in [2.24, 2.45) is 0 Å². The largest absolute Gasteiger partial charge is 0.338 e. The van der Waals surface area contributed by atoms with Gasteiger partial charge in [0.05, 0.1) is 0 Å². The average Bonchev–Trinajstić information content (AvgIpc) is 2.47. The minimum atomic E-state index is -3.64. The first kappa shape index (κ1) is 15.5. The molecular weight excluding hydrogens is 311 g/mol. The van der Waals surface area contributed by atoms with E-state index in [1.807, 2.05) is 18.4 Å². The van der Waals surface area contributed by atoms with Crippen LogP contribution in [0.25, 0.3) is 0 Å². The SMILES string of the molecule is CSc1ccc(P(=O)(O)c2cccc(S(C)=O)c2)cc1. The standard InChI is InChI=1S/C14H15O3PS2/c1-19-13-8-6-11(7-9-13)18(15,16)12-4-3-5-14(10-12)20(2)17/h3-10H,1-2H3,(H,15,16). The Morgan fingerprint density at radius 1 is 1.10 bits per heavy atom. The quantitative estimate of drug-likeness (QED) is 0.692. The van der Waals surface area contributed by atoms with Gasteiger partial charge in [-0.15, -0.1) is 11.8 Å². The third-order valence-electron chi connectivity index (χ3n) is 2.92. The molecule has 0 aliphatic heterocycles. The number of hydrogen-bond acceptors (Lipinski definition) is 3. The molecule has 0 amide bonds. The number of benzene rings is 2. The van der Waals surface area contributed by atoms with Gasteiger partial charge in [-0.1, -0.05) is 6.07 Å². The van der Waals surface area contributed by atoms with Crippen LogP contribution in [0.15, 0.2) is 58.3 Å². The normalized spacial score (nSPS) is 15.6. The molecule has 0 aliphatic carbocycles. The lowest BCUT2D eigenvalue weighted by Crippen LogP contribution is -2.16. The zero-order chi connectivity index (χ0) is 14.8. The van der Waals surface area contributed by atoms with E-state index in [0.717, 1.165) is 4.90 Å². The first-order valence-corrected chi connectivity index (χ1v) is 10.3. The van der Waals surface area contributed by atoms with Crippen molar-refractivity contribution in [1.29, 1.82) is 0 Å². The fourth-order valence-electron chi connectivity index (χ4n) is 1.78. The minimum Gasteiger partial charge on any atom is -0.338 e. The van der Waals surface area contributed by atoms with Crippen molar-refractivity contribution in [2.75, 3.05) is 12.5 Å². The lowest BCUT2D eigenvalue weighted by molar-refractivity contribution is 0.501. The number of rotatable bonds is 4. The molecule has 0 aliphatic rings. The van der Waals surface area contributed by atoms with E-state index in [4.69, 9.17) is 0 Å². The van der Waals surface area contributed by atoms with Crippen molar-refractivity contribution in [2.45, 2.75) is 9.79 Å². The van der Waals surface area contributed by atoms with Crippen molar-refractivity contribution < 1.29 is 13.7 Å². The molecule has 1 N–H and O–H groups in total. The highest BCUT2D eigenvalue weighted by Gasteiger charge is 2.24. The maximum absolute atomic E-state index is 12.6. The topological polar surface area (TPSA) is 54.4 Å². The van der Waals surface area contributed by atoms with Gasteiger partial charge in [0.1, 0.15) is 0 Å². The minimum absolute atomic E-state index is 0.308. The van der Waals surface area contributed by atoms with Crippen molar-refractivity contribution in [1.82, 2.24) is 0 Å². The molecule has 2 rings (SSSR count). The fourth-order valence-corrected chi connectivity index (χ4v) is 4.30. The Bertz CT molecular complexity index is 683. The summed E-state index contributed by atoms with van der Waals surface area (Å²) >= 11 is 1.58. The molecule has 20 heavy (non-hydrogen) atoms. The van der Waals surface area contributed by atoms with Crippen LogP contribution in [0.3, 0.4) is 0 Å². The van der Waals surface area contributed by atoms with E-state index in [1.165, 1.54) is 0 Å². The molecular formula is C14H15O3PS2. The van der Waals surface area contributed by atoms with Crippen LogP contribution in [0.2, 0.25) is 0 Å². The molecule has 2 aromatic carbocycles. The zero-order valence-corrected chi connectivity index (χ0v) is 13.7. The molecule has 0 spiro atoms. The second-order valence-electron chi connectivity index (χ2n) is 4.23. The van der Waals surface area contributed by atoms with Crippen LogP contribution in [0.4, 0.5) is 0 Å². The molecule has 0 bridgehead atoms. The van der Waals surface area contributed by atoms with Crippen LogP contribution in [0.5, 0.6) is 0 Å². The Morgan fingerprint density at radius 3 is 2.30 bits per heavy atom. The van der Waals surface area contributed by atoms with Crippen LogP contribution < -0.4 is 10.6 Å². The van der Waals surface area contributed by atoms with Crippen LogP contribution in [0.1, 0.15) is 0 Å². The smallest absolute Gasteiger partial charge is 0.258 e. The van der Waals surface area contributed by atoms with Crippen molar-refractivity contribution in [3.63, 3.8) is 0 Å². The Hall–Kier alpha value is -0.870. The maximum Gasteiger partial charge on any atom is 0.258 e. The fraction of sp³-hybridized carbons (Fsp3) is 0.143. The van der Waals surface area contributed by atoms with Crippen molar-refractivity contribution >= 4 is 40.5 Å². The van der Waals surface area contributed by atoms with Crippen LogP contribution in [-0.2, 0) is 15.4 Å². The van der Waals surface area contributed by atoms with Gasteiger partial charge >= 0.3 is 0 Å². The summed E-state index contributed by atoms with van der Waals surface area (Å²) in [5.41, 5.74) is 0. The van der Waals surface area contributed by atoms with E-state index >= 15 is 0 Å². The van der Waals surface area contributed by atoms with Gasteiger partial charge in [-0.2, -0.15) is 0 Å².